The van der Waals surface area contributed by atoms with E-state index in [1.807, 2.05) is 13.8 Å². The van der Waals surface area contributed by atoms with E-state index in [9.17, 15) is 9.59 Å². The van der Waals surface area contributed by atoms with Crippen LogP contribution in [0.15, 0.2) is 24.3 Å². The van der Waals surface area contributed by atoms with Crippen LogP contribution in [-0.4, -0.2) is 36.7 Å². The summed E-state index contributed by atoms with van der Waals surface area (Å²) >= 11 is 0. The smallest absolute Gasteiger partial charge is 0.338 e. The SMILES string of the molecule is CCOCC(=O)Nc1cc(C)nc2ccc(C(=O)OCC)cc12. The molecule has 0 atom stereocenters. The number of carbonyl (C=O) groups is 2. The minimum absolute atomic E-state index is 0.0169. The summed E-state index contributed by atoms with van der Waals surface area (Å²) in [7, 11) is 0. The molecule has 122 valence electrons. The number of benzene rings is 1. The Balaban J connectivity index is 2.39. The molecular weight excluding hydrogens is 296 g/mol. The normalized spacial score (nSPS) is 10.6. The van der Waals surface area contributed by atoms with Gasteiger partial charge in [-0.2, -0.15) is 0 Å². The second kappa shape index (κ2) is 7.69. The Morgan fingerprint density at radius 3 is 2.65 bits per heavy atom. The Kier molecular flexibility index (Phi) is 5.65. The highest BCUT2D eigenvalue weighted by Crippen LogP contribution is 2.25. The number of hydrogen-bond acceptors (Lipinski definition) is 5. The van der Waals surface area contributed by atoms with Crippen LogP contribution in [0.2, 0.25) is 0 Å². The number of esters is 1. The first-order chi connectivity index (χ1) is 11.0. The molecule has 1 aromatic heterocycles. The zero-order chi connectivity index (χ0) is 16.8. The van der Waals surface area contributed by atoms with E-state index in [0.29, 0.717) is 35.4 Å². The van der Waals surface area contributed by atoms with Crippen LogP contribution in [0.5, 0.6) is 0 Å². The number of nitrogens with zero attached hydrogens (tertiary/aromatic N) is 1. The average molecular weight is 316 g/mol. The van der Waals surface area contributed by atoms with E-state index < -0.39 is 5.97 Å². The second-order valence-electron chi connectivity index (χ2n) is 4.95. The van der Waals surface area contributed by atoms with E-state index in [2.05, 4.69) is 10.3 Å². The van der Waals surface area contributed by atoms with Crippen molar-refractivity contribution >= 4 is 28.5 Å². The highest BCUT2D eigenvalue weighted by molar-refractivity contribution is 6.04. The molecule has 2 aromatic rings. The van der Waals surface area contributed by atoms with Gasteiger partial charge in [0.2, 0.25) is 5.91 Å². The predicted molar refractivity (Wildman–Crippen MR) is 87.6 cm³/mol. The number of rotatable bonds is 6. The van der Waals surface area contributed by atoms with Gasteiger partial charge in [-0.3, -0.25) is 9.78 Å². The van der Waals surface area contributed by atoms with Crippen LogP contribution in [0.25, 0.3) is 10.9 Å². The van der Waals surface area contributed by atoms with Gasteiger partial charge in [0.1, 0.15) is 6.61 Å². The van der Waals surface area contributed by atoms with Crippen LogP contribution in [0, 0.1) is 6.92 Å². The van der Waals surface area contributed by atoms with Crippen LogP contribution < -0.4 is 5.32 Å². The predicted octanol–water partition coefficient (Wildman–Crippen LogP) is 2.69. The van der Waals surface area contributed by atoms with Crippen molar-refractivity contribution in [1.82, 2.24) is 4.98 Å². The van der Waals surface area contributed by atoms with Crippen molar-refractivity contribution in [2.24, 2.45) is 0 Å². The molecule has 0 bridgehead atoms. The molecule has 0 saturated carbocycles. The van der Waals surface area contributed by atoms with Gasteiger partial charge in [-0.25, -0.2) is 4.79 Å². The first kappa shape index (κ1) is 16.9. The molecule has 6 nitrogen and oxygen atoms in total. The molecule has 0 aliphatic heterocycles. The molecule has 0 saturated heterocycles. The number of hydrogen-bond donors (Lipinski definition) is 1. The molecule has 0 unspecified atom stereocenters. The highest BCUT2D eigenvalue weighted by Gasteiger charge is 2.12. The number of nitrogens with one attached hydrogen (secondary N) is 1. The van der Waals surface area contributed by atoms with Gasteiger partial charge in [-0.05, 0) is 45.0 Å². The maximum absolute atomic E-state index is 11.9. The zero-order valence-corrected chi connectivity index (χ0v) is 13.5. The molecule has 23 heavy (non-hydrogen) atoms. The van der Waals surface area contributed by atoms with Gasteiger partial charge in [0.05, 0.1) is 23.4 Å². The summed E-state index contributed by atoms with van der Waals surface area (Å²) in [5.74, 6) is -0.651. The van der Waals surface area contributed by atoms with E-state index in [4.69, 9.17) is 9.47 Å². The number of anilines is 1. The fourth-order valence-corrected chi connectivity index (χ4v) is 2.18. The Morgan fingerprint density at radius 1 is 1.17 bits per heavy atom. The second-order valence-corrected chi connectivity index (χ2v) is 4.95. The lowest BCUT2D eigenvalue weighted by molar-refractivity contribution is -0.120. The average Bonchev–Trinajstić information content (AvgIpc) is 2.52. The minimum Gasteiger partial charge on any atom is -0.462 e. The van der Waals surface area contributed by atoms with Crippen molar-refractivity contribution in [1.29, 1.82) is 0 Å². The number of amides is 1. The van der Waals surface area contributed by atoms with Gasteiger partial charge >= 0.3 is 5.97 Å². The third-order valence-corrected chi connectivity index (χ3v) is 3.16. The third kappa shape index (κ3) is 4.26. The maximum Gasteiger partial charge on any atom is 0.338 e. The molecule has 0 radical (unpaired) electrons. The van der Waals surface area contributed by atoms with Crippen LogP contribution in [0.1, 0.15) is 29.9 Å². The van der Waals surface area contributed by atoms with Gasteiger partial charge in [0.25, 0.3) is 0 Å². The zero-order valence-electron chi connectivity index (χ0n) is 13.5. The number of carbonyl (C=O) groups excluding carboxylic acids is 2. The van der Waals surface area contributed by atoms with Gasteiger partial charge in [0, 0.05) is 17.7 Å². The summed E-state index contributed by atoms with van der Waals surface area (Å²) in [6, 6.07) is 6.85. The van der Waals surface area contributed by atoms with Crippen molar-refractivity contribution in [3.63, 3.8) is 0 Å². The van der Waals surface area contributed by atoms with Crippen molar-refractivity contribution in [2.75, 3.05) is 25.1 Å². The number of ether oxygens (including phenoxy) is 2. The van der Waals surface area contributed by atoms with E-state index in [1.54, 1.807) is 31.2 Å². The number of pyridine rings is 1. The number of fused-ring (bicyclic) bond motifs is 1. The molecule has 0 aliphatic carbocycles. The van der Waals surface area contributed by atoms with E-state index in [0.717, 1.165) is 5.69 Å². The minimum atomic E-state index is -0.401. The Bertz CT molecular complexity index is 728. The van der Waals surface area contributed by atoms with Gasteiger partial charge in [-0.1, -0.05) is 0 Å². The molecule has 1 N–H and O–H groups in total. The molecule has 2 rings (SSSR count). The fourth-order valence-electron chi connectivity index (χ4n) is 2.18. The van der Waals surface area contributed by atoms with Crippen LogP contribution in [0.4, 0.5) is 5.69 Å². The van der Waals surface area contributed by atoms with E-state index in [1.165, 1.54) is 0 Å². The molecule has 1 aromatic carbocycles. The maximum atomic E-state index is 11.9. The first-order valence-electron chi connectivity index (χ1n) is 7.51. The topological polar surface area (TPSA) is 77.5 Å². The standard InChI is InChI=1S/C17H20N2O4/c1-4-22-10-16(20)19-15-8-11(3)18-14-7-6-12(9-13(14)15)17(21)23-5-2/h6-9H,4-5,10H2,1-3H3,(H,18,19,20). The van der Waals surface area contributed by atoms with E-state index >= 15 is 0 Å². The van der Waals surface area contributed by atoms with Crippen molar-refractivity contribution in [2.45, 2.75) is 20.8 Å². The Hall–Kier alpha value is -2.47. The largest absolute Gasteiger partial charge is 0.462 e. The molecule has 6 heteroatoms. The van der Waals surface area contributed by atoms with Crippen LogP contribution in [-0.2, 0) is 14.3 Å². The Labute approximate surface area is 134 Å². The lowest BCUT2D eigenvalue weighted by Crippen LogP contribution is -2.18. The number of aromatic nitrogens is 1. The summed E-state index contributed by atoms with van der Waals surface area (Å²) in [4.78, 5) is 28.2. The van der Waals surface area contributed by atoms with Crippen LogP contribution >= 0.6 is 0 Å². The number of aryl methyl sites for hydroxylation is 1. The fraction of sp³-hybridized carbons (Fsp3) is 0.353. The summed E-state index contributed by atoms with van der Waals surface area (Å²) in [5, 5.41) is 3.49. The molecule has 1 amide bonds. The monoisotopic (exact) mass is 316 g/mol. The van der Waals surface area contributed by atoms with E-state index in [-0.39, 0.29) is 12.5 Å². The molecule has 1 heterocycles. The van der Waals surface area contributed by atoms with Gasteiger partial charge < -0.3 is 14.8 Å². The summed E-state index contributed by atoms with van der Waals surface area (Å²) < 4.78 is 10.1. The molecule has 0 spiro atoms. The summed E-state index contributed by atoms with van der Waals surface area (Å²) in [6.07, 6.45) is 0. The molecule has 0 fully saturated rings. The van der Waals surface area contributed by atoms with Crippen molar-refractivity contribution < 1.29 is 19.1 Å². The van der Waals surface area contributed by atoms with Crippen molar-refractivity contribution in [3.8, 4) is 0 Å². The molecule has 0 aliphatic rings. The lowest BCUT2D eigenvalue weighted by atomic mass is 10.1. The third-order valence-electron chi connectivity index (χ3n) is 3.16. The summed E-state index contributed by atoms with van der Waals surface area (Å²) in [6.45, 7) is 6.18. The van der Waals surface area contributed by atoms with Gasteiger partial charge in [0.15, 0.2) is 0 Å². The molecular formula is C17H20N2O4. The summed E-state index contributed by atoms with van der Waals surface area (Å²) in [5.41, 5.74) is 2.49. The van der Waals surface area contributed by atoms with Gasteiger partial charge in [-0.15, -0.1) is 0 Å². The quantitative estimate of drug-likeness (QED) is 0.829. The lowest BCUT2D eigenvalue weighted by Gasteiger charge is -2.11. The Morgan fingerprint density at radius 2 is 1.96 bits per heavy atom. The van der Waals surface area contributed by atoms with Crippen LogP contribution in [0.3, 0.4) is 0 Å². The first-order valence-corrected chi connectivity index (χ1v) is 7.51. The van der Waals surface area contributed by atoms with Crippen molar-refractivity contribution in [3.05, 3.63) is 35.5 Å². The highest BCUT2D eigenvalue weighted by atomic mass is 16.5.